The summed E-state index contributed by atoms with van der Waals surface area (Å²) < 4.78 is 45.3. The summed E-state index contributed by atoms with van der Waals surface area (Å²) >= 11 is 0. The molecule has 2 aliphatic heterocycles. The van der Waals surface area contributed by atoms with Gasteiger partial charge in [0.2, 0.25) is 0 Å². The molecule has 4 heterocycles. The van der Waals surface area contributed by atoms with E-state index in [4.69, 9.17) is 14.2 Å². The molecule has 37 heavy (non-hydrogen) atoms. The van der Waals surface area contributed by atoms with Crippen LogP contribution < -0.4 is 19.5 Å². The molecular formula is C25H30Cl2F2N4O4. The van der Waals surface area contributed by atoms with Crippen LogP contribution in [0.15, 0.2) is 30.6 Å². The third-order valence-corrected chi connectivity index (χ3v) is 6.54. The summed E-state index contributed by atoms with van der Waals surface area (Å²) in [7, 11) is 1.41. The lowest BCUT2D eigenvalue weighted by atomic mass is 10.00. The summed E-state index contributed by atoms with van der Waals surface area (Å²) in [6.45, 7) is 3.42. The van der Waals surface area contributed by atoms with E-state index in [0.29, 0.717) is 31.5 Å². The van der Waals surface area contributed by atoms with Crippen molar-refractivity contribution in [3.05, 3.63) is 53.5 Å². The predicted octanol–water partition coefficient (Wildman–Crippen LogP) is 3.82. The molecule has 0 bridgehead atoms. The molecule has 0 amide bonds. The zero-order valence-electron chi connectivity index (χ0n) is 20.3. The van der Waals surface area contributed by atoms with Crippen molar-refractivity contribution in [1.82, 2.24) is 20.2 Å². The third-order valence-electron chi connectivity index (χ3n) is 6.54. The fraction of sp³-hybridized carbons (Fsp3) is 0.440. The van der Waals surface area contributed by atoms with E-state index in [1.165, 1.54) is 19.2 Å². The summed E-state index contributed by atoms with van der Waals surface area (Å²) in [5.41, 5.74) is 0.935. The molecule has 0 spiro atoms. The topological polar surface area (TPSA) is 89.0 Å². The van der Waals surface area contributed by atoms with Gasteiger partial charge in [-0.15, -0.1) is 24.8 Å². The van der Waals surface area contributed by atoms with Crippen molar-refractivity contribution in [3.63, 3.8) is 0 Å². The fourth-order valence-corrected chi connectivity index (χ4v) is 4.68. The van der Waals surface area contributed by atoms with Crippen LogP contribution in [0.3, 0.4) is 0 Å². The van der Waals surface area contributed by atoms with Crippen molar-refractivity contribution in [3.8, 4) is 17.2 Å². The predicted molar refractivity (Wildman–Crippen MR) is 139 cm³/mol. The molecular weight excluding hydrogens is 529 g/mol. The molecule has 0 saturated carbocycles. The van der Waals surface area contributed by atoms with Gasteiger partial charge >= 0.3 is 0 Å². The number of nitrogens with zero attached hydrogens (tertiary/aromatic N) is 3. The number of aliphatic hydroxyl groups is 1. The molecule has 0 aliphatic carbocycles. The molecule has 12 heteroatoms. The Labute approximate surface area is 226 Å². The lowest BCUT2D eigenvalue weighted by Gasteiger charge is -2.33. The normalized spacial score (nSPS) is 16.5. The van der Waals surface area contributed by atoms with Crippen LogP contribution in [0.5, 0.6) is 17.2 Å². The van der Waals surface area contributed by atoms with Gasteiger partial charge in [0.25, 0.3) is 0 Å². The highest BCUT2D eigenvalue weighted by molar-refractivity contribution is 5.86. The van der Waals surface area contributed by atoms with Gasteiger partial charge < -0.3 is 29.5 Å². The highest BCUT2D eigenvalue weighted by atomic mass is 35.5. The van der Waals surface area contributed by atoms with Gasteiger partial charge in [0, 0.05) is 42.2 Å². The Morgan fingerprint density at radius 2 is 1.78 bits per heavy atom. The highest BCUT2D eigenvalue weighted by Gasteiger charge is 2.25. The van der Waals surface area contributed by atoms with Crippen molar-refractivity contribution in [2.75, 3.05) is 40.0 Å². The van der Waals surface area contributed by atoms with Crippen LogP contribution in [-0.2, 0) is 6.54 Å². The number of aliphatic hydroxyl groups excluding tert-OH is 1. The second-order valence-electron chi connectivity index (χ2n) is 8.82. The van der Waals surface area contributed by atoms with Crippen molar-refractivity contribution in [2.45, 2.75) is 31.5 Å². The Morgan fingerprint density at radius 1 is 1.05 bits per heavy atom. The third kappa shape index (κ3) is 6.50. The van der Waals surface area contributed by atoms with Gasteiger partial charge in [0.15, 0.2) is 17.3 Å². The Bertz CT molecular complexity index is 1220. The maximum absolute atomic E-state index is 14.7. The first-order valence-electron chi connectivity index (χ1n) is 11.7. The van der Waals surface area contributed by atoms with Gasteiger partial charge in [-0.2, -0.15) is 0 Å². The van der Waals surface area contributed by atoms with Gasteiger partial charge in [0.1, 0.15) is 30.3 Å². The Hall–Kier alpha value is -2.50. The number of pyridine rings is 2. The smallest absolute Gasteiger partial charge is 0.179 e. The second kappa shape index (κ2) is 12.8. The molecule has 2 aliphatic rings. The Kier molecular flexibility index (Phi) is 10.1. The number of hydrogen-bond donors (Lipinski definition) is 2. The molecule has 2 aromatic heterocycles. The lowest BCUT2D eigenvalue weighted by molar-refractivity contribution is 0.0925. The summed E-state index contributed by atoms with van der Waals surface area (Å²) in [4.78, 5) is 10.4. The number of aromatic nitrogens is 2. The number of halogens is 4. The van der Waals surface area contributed by atoms with E-state index >= 15 is 0 Å². The number of likely N-dealkylation sites (tertiary alicyclic amines) is 1. The highest BCUT2D eigenvalue weighted by Crippen LogP contribution is 2.32. The molecule has 0 radical (unpaired) electrons. The van der Waals surface area contributed by atoms with Crippen LogP contribution in [0, 0.1) is 11.6 Å². The number of nitrogens with one attached hydrogen (secondary N) is 1. The van der Waals surface area contributed by atoms with Gasteiger partial charge in [-0.3, -0.25) is 9.97 Å². The maximum Gasteiger partial charge on any atom is 0.179 e. The lowest BCUT2D eigenvalue weighted by Crippen LogP contribution is -2.43. The first kappa shape index (κ1) is 29.1. The largest absolute Gasteiger partial charge is 0.497 e. The maximum atomic E-state index is 14.7. The minimum absolute atomic E-state index is 0. The fourth-order valence-electron chi connectivity index (χ4n) is 4.68. The number of rotatable bonds is 7. The standard InChI is InChI=1S/C25H28F2N4O4.2ClH/c1-33-17-9-18-24(20(27)12-30-25(18)19(26)10-17)21(32)14-31-4-2-15(3-5-31)28-11-16-8-22-23(13-29-16)35-7-6-34-22;;/h8-10,12-13,15,21,28,32H,2-7,11,14H2,1H3;2*1H. The van der Waals surface area contributed by atoms with Crippen LogP contribution >= 0.6 is 24.8 Å². The molecule has 1 unspecified atom stereocenters. The van der Waals surface area contributed by atoms with Crippen molar-refractivity contribution >= 4 is 35.7 Å². The van der Waals surface area contributed by atoms with Crippen LogP contribution in [0.25, 0.3) is 10.9 Å². The van der Waals surface area contributed by atoms with Crippen LogP contribution in [0.1, 0.15) is 30.2 Å². The van der Waals surface area contributed by atoms with E-state index in [2.05, 4.69) is 20.2 Å². The van der Waals surface area contributed by atoms with Crippen molar-refractivity contribution in [2.24, 2.45) is 0 Å². The SMILES string of the molecule is COc1cc(F)c2ncc(F)c(C(O)CN3CCC(NCc4cc5c(cn4)OCCO5)CC3)c2c1.Cl.Cl. The zero-order valence-corrected chi connectivity index (χ0v) is 21.9. The molecule has 1 fully saturated rings. The second-order valence-corrected chi connectivity index (χ2v) is 8.82. The number of hydrogen-bond acceptors (Lipinski definition) is 8. The van der Waals surface area contributed by atoms with E-state index in [-0.39, 0.29) is 53.6 Å². The van der Waals surface area contributed by atoms with Gasteiger partial charge in [-0.25, -0.2) is 8.78 Å². The molecule has 1 saturated heterocycles. The number of benzene rings is 1. The number of piperidine rings is 1. The van der Waals surface area contributed by atoms with E-state index in [1.54, 1.807) is 6.20 Å². The molecule has 8 nitrogen and oxygen atoms in total. The zero-order chi connectivity index (χ0) is 24.4. The number of fused-ring (bicyclic) bond motifs is 2. The van der Waals surface area contributed by atoms with Gasteiger partial charge in [0.05, 0.1) is 31.3 Å². The van der Waals surface area contributed by atoms with E-state index in [9.17, 15) is 13.9 Å². The van der Waals surface area contributed by atoms with Gasteiger partial charge in [-0.1, -0.05) is 0 Å². The average Bonchev–Trinajstić information content (AvgIpc) is 2.87. The molecule has 202 valence electrons. The Morgan fingerprint density at radius 3 is 2.51 bits per heavy atom. The first-order chi connectivity index (χ1) is 17.0. The van der Waals surface area contributed by atoms with E-state index < -0.39 is 17.7 Å². The summed E-state index contributed by atoms with van der Waals surface area (Å²) in [5.74, 6) is 0.357. The van der Waals surface area contributed by atoms with Crippen LogP contribution in [-0.4, -0.2) is 66.0 Å². The molecule has 5 rings (SSSR count). The van der Waals surface area contributed by atoms with Crippen molar-refractivity contribution < 1.29 is 28.1 Å². The van der Waals surface area contributed by atoms with E-state index in [0.717, 1.165) is 43.6 Å². The first-order valence-corrected chi connectivity index (χ1v) is 11.7. The molecule has 3 aromatic rings. The van der Waals surface area contributed by atoms with Gasteiger partial charge in [-0.05, 0) is 32.0 Å². The quantitative estimate of drug-likeness (QED) is 0.452. The monoisotopic (exact) mass is 558 g/mol. The number of ether oxygens (including phenoxy) is 3. The summed E-state index contributed by atoms with van der Waals surface area (Å²) in [6, 6.07) is 4.91. The molecule has 1 aromatic carbocycles. The number of methoxy groups -OCH3 is 1. The van der Waals surface area contributed by atoms with Crippen LogP contribution in [0.4, 0.5) is 8.78 Å². The van der Waals surface area contributed by atoms with E-state index in [1.807, 2.05) is 6.07 Å². The average molecular weight is 559 g/mol. The summed E-state index contributed by atoms with van der Waals surface area (Å²) in [5, 5.41) is 14.7. The van der Waals surface area contributed by atoms with Crippen molar-refractivity contribution in [1.29, 1.82) is 0 Å². The molecule has 1 atom stereocenters. The summed E-state index contributed by atoms with van der Waals surface area (Å²) in [6.07, 6.45) is 3.27. The van der Waals surface area contributed by atoms with Crippen LogP contribution in [0.2, 0.25) is 0 Å². The molecule has 2 N–H and O–H groups in total. The Balaban J connectivity index is 0.00000190. The minimum atomic E-state index is -1.13. The minimum Gasteiger partial charge on any atom is -0.497 e. The number of β-amino-alcohol motifs (C(OH)–C–C–N with tert-alkyl or cyclic N) is 1.